The molecule has 0 aliphatic rings. The van der Waals surface area contributed by atoms with Gasteiger partial charge in [0.25, 0.3) is 0 Å². The van der Waals surface area contributed by atoms with Crippen LogP contribution in [0.5, 0.6) is 0 Å². The maximum Gasteiger partial charge on any atom is 0.195 e. The summed E-state index contributed by atoms with van der Waals surface area (Å²) < 4.78 is 3.97. The topological polar surface area (TPSA) is 9.23 Å². The molecule has 1 radical (unpaired) electrons. The van der Waals surface area contributed by atoms with E-state index in [-0.39, 0.29) is 5.92 Å². The van der Waals surface area contributed by atoms with Gasteiger partial charge < -0.3 is 4.74 Å². The van der Waals surface area contributed by atoms with E-state index in [9.17, 15) is 0 Å². The molecule has 0 spiro atoms. The van der Waals surface area contributed by atoms with Gasteiger partial charge in [0.15, 0.2) is 3.79 Å². The highest BCUT2D eigenvalue weighted by Crippen LogP contribution is 2.38. The van der Waals surface area contributed by atoms with Crippen molar-refractivity contribution < 1.29 is 4.74 Å². The van der Waals surface area contributed by atoms with Gasteiger partial charge in [0.1, 0.15) is 0 Å². The fourth-order valence-corrected chi connectivity index (χ4v) is 1.72. The molecule has 1 nitrogen and oxygen atoms in total. The second-order valence-corrected chi connectivity index (χ2v) is 5.68. The molecule has 14 heavy (non-hydrogen) atoms. The van der Waals surface area contributed by atoms with Gasteiger partial charge in [0, 0.05) is 12.5 Å². The van der Waals surface area contributed by atoms with Crippen LogP contribution in [0, 0.1) is 12.8 Å². The lowest BCUT2D eigenvalue weighted by Gasteiger charge is -2.23. The first kappa shape index (κ1) is 14.8. The van der Waals surface area contributed by atoms with E-state index in [1.54, 1.807) is 0 Å². The van der Waals surface area contributed by atoms with Crippen molar-refractivity contribution in [2.75, 3.05) is 13.2 Å². The molecule has 0 aromatic heterocycles. The van der Waals surface area contributed by atoms with Crippen LogP contribution in [0.25, 0.3) is 0 Å². The van der Waals surface area contributed by atoms with Gasteiger partial charge in [-0.05, 0) is 13.3 Å². The van der Waals surface area contributed by atoms with Gasteiger partial charge in [0.2, 0.25) is 0 Å². The average molecular weight is 261 g/mol. The Bertz CT molecular complexity index is 134. The number of rotatable bonds is 7. The normalized spacial score (nSPS) is 14.4. The third kappa shape index (κ3) is 7.17. The summed E-state index contributed by atoms with van der Waals surface area (Å²) in [6.45, 7) is 6.63. The van der Waals surface area contributed by atoms with Gasteiger partial charge in [-0.2, -0.15) is 0 Å². The molecule has 0 aromatic carbocycles. The highest BCUT2D eigenvalue weighted by molar-refractivity contribution is 6.67. The number of hydrogen-bond acceptors (Lipinski definition) is 1. The Labute approximate surface area is 102 Å². The first-order valence-corrected chi connectivity index (χ1v) is 6.09. The second-order valence-electron chi connectivity index (χ2n) is 3.31. The summed E-state index contributed by atoms with van der Waals surface area (Å²) in [6.07, 6.45) is 4.31. The fraction of sp³-hybridized carbons (Fsp3) is 0.900. The summed E-state index contributed by atoms with van der Waals surface area (Å²) in [7, 11) is 0. The molecular formula is C10H18Cl3O. The molecule has 1 unspecified atom stereocenters. The number of halogens is 3. The van der Waals surface area contributed by atoms with Gasteiger partial charge >= 0.3 is 0 Å². The molecule has 4 heteroatoms. The minimum Gasteiger partial charge on any atom is -0.381 e. The van der Waals surface area contributed by atoms with Crippen LogP contribution in [-0.2, 0) is 4.74 Å². The third-order valence-corrected chi connectivity index (χ3v) is 3.01. The highest BCUT2D eigenvalue weighted by Gasteiger charge is 2.31. The number of unbranched alkanes of at least 4 members (excludes halogenated alkanes) is 2. The van der Waals surface area contributed by atoms with Crippen LogP contribution in [-0.4, -0.2) is 17.0 Å². The molecule has 0 fully saturated rings. The molecule has 0 amide bonds. The zero-order valence-electron chi connectivity index (χ0n) is 8.57. The predicted molar refractivity (Wildman–Crippen MR) is 64.1 cm³/mol. The summed E-state index contributed by atoms with van der Waals surface area (Å²) in [5.41, 5.74) is 0. The van der Waals surface area contributed by atoms with Crippen molar-refractivity contribution in [2.24, 2.45) is 5.92 Å². The van der Waals surface area contributed by atoms with E-state index in [4.69, 9.17) is 39.5 Å². The maximum atomic E-state index is 5.84. The first-order valence-electron chi connectivity index (χ1n) is 4.96. The van der Waals surface area contributed by atoms with Crippen LogP contribution in [0.4, 0.5) is 0 Å². The summed E-state index contributed by atoms with van der Waals surface area (Å²) in [5, 5.41) is 0. The molecule has 0 aliphatic heterocycles. The van der Waals surface area contributed by atoms with E-state index in [1.807, 2.05) is 0 Å². The summed E-state index contributed by atoms with van der Waals surface area (Å²) in [5.74, 6) is -0.0270. The van der Waals surface area contributed by atoms with E-state index in [0.29, 0.717) is 13.2 Å². The van der Waals surface area contributed by atoms with Crippen molar-refractivity contribution in [1.82, 2.24) is 0 Å². The Morgan fingerprint density at radius 2 is 1.93 bits per heavy atom. The summed E-state index contributed by atoms with van der Waals surface area (Å²) in [6, 6.07) is 0. The van der Waals surface area contributed by atoms with Crippen LogP contribution in [0.3, 0.4) is 0 Å². The summed E-state index contributed by atoms with van der Waals surface area (Å²) >= 11 is 17.5. The second kappa shape index (κ2) is 8.04. The molecule has 0 bridgehead atoms. The van der Waals surface area contributed by atoms with Crippen molar-refractivity contribution in [1.29, 1.82) is 0 Å². The van der Waals surface area contributed by atoms with E-state index < -0.39 is 3.79 Å². The summed E-state index contributed by atoms with van der Waals surface area (Å²) in [4.78, 5) is 0. The van der Waals surface area contributed by atoms with Crippen LogP contribution >= 0.6 is 34.8 Å². The predicted octanol–water partition coefficient (Wildman–Crippen LogP) is 4.40. The highest BCUT2D eigenvalue weighted by atomic mass is 35.6. The van der Waals surface area contributed by atoms with E-state index >= 15 is 0 Å². The van der Waals surface area contributed by atoms with Crippen molar-refractivity contribution in [2.45, 2.75) is 36.4 Å². The zero-order valence-corrected chi connectivity index (χ0v) is 10.8. The van der Waals surface area contributed by atoms with Crippen molar-refractivity contribution >= 4 is 34.8 Å². The van der Waals surface area contributed by atoms with Crippen molar-refractivity contribution in [3.63, 3.8) is 0 Å². The van der Waals surface area contributed by atoms with Gasteiger partial charge in [-0.25, -0.2) is 0 Å². The van der Waals surface area contributed by atoms with Crippen LogP contribution in [0.2, 0.25) is 0 Å². The molecular weight excluding hydrogens is 242 g/mol. The monoisotopic (exact) mass is 259 g/mol. The molecule has 0 N–H and O–H groups in total. The van der Waals surface area contributed by atoms with Crippen molar-refractivity contribution in [3.05, 3.63) is 6.92 Å². The Hall–Kier alpha value is 0.830. The Morgan fingerprint density at radius 3 is 2.36 bits per heavy atom. The molecule has 0 heterocycles. The number of alkyl halides is 3. The average Bonchev–Trinajstić information content (AvgIpc) is 2.09. The minimum atomic E-state index is -1.22. The molecule has 0 aromatic rings. The van der Waals surface area contributed by atoms with Gasteiger partial charge in [-0.3, -0.25) is 0 Å². The van der Waals surface area contributed by atoms with E-state index in [0.717, 1.165) is 12.8 Å². The zero-order chi connectivity index (χ0) is 11.0. The van der Waals surface area contributed by atoms with Gasteiger partial charge in [0.05, 0.1) is 6.61 Å². The molecule has 85 valence electrons. The number of ether oxygens (including phenoxy) is 1. The van der Waals surface area contributed by atoms with Crippen molar-refractivity contribution in [3.8, 4) is 0 Å². The Balaban J connectivity index is 3.85. The lowest BCUT2D eigenvalue weighted by Crippen LogP contribution is -2.24. The largest absolute Gasteiger partial charge is 0.381 e. The molecule has 1 atom stereocenters. The van der Waals surface area contributed by atoms with E-state index in [1.165, 1.54) is 12.8 Å². The van der Waals surface area contributed by atoms with Crippen LogP contribution < -0.4 is 0 Å². The van der Waals surface area contributed by atoms with Gasteiger partial charge in [-0.15, -0.1) is 0 Å². The Kier molecular flexibility index (Phi) is 8.51. The van der Waals surface area contributed by atoms with Gasteiger partial charge in [-0.1, -0.05) is 61.0 Å². The van der Waals surface area contributed by atoms with Crippen LogP contribution in [0.15, 0.2) is 0 Å². The Morgan fingerprint density at radius 1 is 1.29 bits per heavy atom. The van der Waals surface area contributed by atoms with Crippen LogP contribution in [0.1, 0.15) is 32.6 Å². The number of hydrogen-bond donors (Lipinski definition) is 0. The lowest BCUT2D eigenvalue weighted by molar-refractivity contribution is 0.118. The molecule has 0 saturated carbocycles. The molecule has 0 saturated heterocycles. The minimum absolute atomic E-state index is 0.0270. The molecule has 0 rings (SSSR count). The maximum absolute atomic E-state index is 5.84. The molecule has 0 aliphatic carbocycles. The smallest absolute Gasteiger partial charge is 0.195 e. The lowest BCUT2D eigenvalue weighted by atomic mass is 10.0. The van der Waals surface area contributed by atoms with E-state index in [2.05, 4.69) is 13.8 Å². The third-order valence-electron chi connectivity index (χ3n) is 2.08. The SMILES string of the molecule is [CH2]COCC(CCCCC)C(Cl)(Cl)Cl. The first-order chi connectivity index (χ1) is 6.52. The standard InChI is InChI=1S/C10H18Cl3O/c1-3-5-6-7-9(8-14-4-2)10(11,12)13/h9H,2-8H2,1H3. The quantitative estimate of drug-likeness (QED) is 0.487. The fourth-order valence-electron chi connectivity index (χ4n) is 1.21.